The molecule has 1 saturated heterocycles. The summed E-state index contributed by atoms with van der Waals surface area (Å²) in [6.45, 7) is 1.99. The Morgan fingerprint density at radius 3 is 2.52 bits per heavy atom. The highest BCUT2D eigenvalue weighted by Crippen LogP contribution is 2.46. The number of aromatic amines is 1. The lowest BCUT2D eigenvalue weighted by atomic mass is 10.1. The molecule has 2 aromatic heterocycles. The zero-order valence-corrected chi connectivity index (χ0v) is 18.3. The maximum Gasteiger partial charge on any atom is 0.254 e. The van der Waals surface area contributed by atoms with Gasteiger partial charge in [-0.1, -0.05) is 0 Å². The van der Waals surface area contributed by atoms with Crippen molar-refractivity contribution in [1.82, 2.24) is 24.2 Å². The van der Waals surface area contributed by atoms with E-state index in [9.17, 15) is 13.2 Å². The minimum atomic E-state index is -3.52. The van der Waals surface area contributed by atoms with E-state index in [1.165, 1.54) is 26.2 Å². The summed E-state index contributed by atoms with van der Waals surface area (Å²) in [4.78, 5) is 29.5. The lowest BCUT2D eigenvalue weighted by Crippen LogP contribution is -2.57. The number of benzene rings is 1. The molecular weight excluding hydrogens is 416 g/mol. The lowest BCUT2D eigenvalue weighted by Gasteiger charge is -2.43. The number of carbonyl (C=O) groups excluding carboxylic acids is 1. The van der Waals surface area contributed by atoms with Crippen LogP contribution in [-0.2, 0) is 10.0 Å². The Morgan fingerprint density at radius 2 is 1.84 bits per heavy atom. The van der Waals surface area contributed by atoms with Crippen LogP contribution in [0.1, 0.15) is 23.2 Å². The molecule has 1 aromatic carbocycles. The second-order valence-corrected chi connectivity index (χ2v) is 10.5. The molecule has 162 valence electrons. The molecule has 1 aliphatic heterocycles. The standard InChI is InChI=1S/C21H24N6O3S/c1-25(2)31(29,30)16-5-3-15(4-6-16)20(28)27-12-11-26(13-21(27)8-9-21)19-17-7-10-22-18(17)23-14-24-19/h3-7,10,14H,8-9,11-13H2,1-2H3,(H,22,23,24). The summed E-state index contributed by atoms with van der Waals surface area (Å²) in [5.41, 5.74) is 1.12. The van der Waals surface area contributed by atoms with Crippen molar-refractivity contribution in [2.24, 2.45) is 0 Å². The van der Waals surface area contributed by atoms with Gasteiger partial charge in [0.05, 0.1) is 15.8 Å². The summed E-state index contributed by atoms with van der Waals surface area (Å²) in [6, 6.07) is 8.19. The number of fused-ring (bicyclic) bond motifs is 1. The van der Waals surface area contributed by atoms with Crippen LogP contribution in [0.3, 0.4) is 0 Å². The smallest absolute Gasteiger partial charge is 0.254 e. The summed E-state index contributed by atoms with van der Waals surface area (Å²) >= 11 is 0. The summed E-state index contributed by atoms with van der Waals surface area (Å²) in [5, 5.41) is 0.982. The number of aromatic nitrogens is 3. The Morgan fingerprint density at radius 1 is 1.10 bits per heavy atom. The summed E-state index contributed by atoms with van der Waals surface area (Å²) < 4.78 is 25.7. The lowest BCUT2D eigenvalue weighted by molar-refractivity contribution is 0.0624. The number of rotatable bonds is 4. The number of hydrogen-bond acceptors (Lipinski definition) is 6. The van der Waals surface area contributed by atoms with Crippen LogP contribution in [0.4, 0.5) is 5.82 Å². The van der Waals surface area contributed by atoms with Crippen LogP contribution in [0.2, 0.25) is 0 Å². The number of hydrogen-bond donors (Lipinski definition) is 1. The van der Waals surface area contributed by atoms with Gasteiger partial charge in [0.25, 0.3) is 5.91 Å². The van der Waals surface area contributed by atoms with Gasteiger partial charge in [-0.3, -0.25) is 4.79 Å². The number of amides is 1. The fourth-order valence-electron chi connectivity index (χ4n) is 4.29. The molecule has 0 atom stereocenters. The van der Waals surface area contributed by atoms with Crippen LogP contribution in [-0.4, -0.2) is 77.8 Å². The number of anilines is 1. The molecule has 3 aromatic rings. The van der Waals surface area contributed by atoms with Gasteiger partial charge >= 0.3 is 0 Å². The van der Waals surface area contributed by atoms with E-state index in [-0.39, 0.29) is 16.3 Å². The maximum absolute atomic E-state index is 13.3. The number of piperazine rings is 1. The highest BCUT2D eigenvalue weighted by atomic mass is 32.2. The molecule has 31 heavy (non-hydrogen) atoms. The number of nitrogens with one attached hydrogen (secondary N) is 1. The Bertz CT molecular complexity index is 1250. The molecule has 5 rings (SSSR count). The molecular formula is C21H24N6O3S. The van der Waals surface area contributed by atoms with E-state index in [4.69, 9.17) is 0 Å². The van der Waals surface area contributed by atoms with Gasteiger partial charge in [0, 0.05) is 45.5 Å². The molecule has 1 amide bonds. The van der Waals surface area contributed by atoms with E-state index >= 15 is 0 Å². The molecule has 9 nitrogen and oxygen atoms in total. The number of carbonyl (C=O) groups is 1. The first kappa shape index (κ1) is 20.0. The first-order valence-corrected chi connectivity index (χ1v) is 11.6. The van der Waals surface area contributed by atoms with E-state index in [0.717, 1.165) is 40.5 Å². The average molecular weight is 441 g/mol. The van der Waals surface area contributed by atoms with Crippen LogP contribution in [0.25, 0.3) is 11.0 Å². The Kier molecular flexibility index (Phi) is 4.52. The molecule has 10 heteroatoms. The average Bonchev–Trinajstić information content (AvgIpc) is 3.34. The fraction of sp³-hybridized carbons (Fsp3) is 0.381. The Labute approximate surface area is 180 Å². The van der Waals surface area contributed by atoms with E-state index in [1.807, 2.05) is 17.2 Å². The van der Waals surface area contributed by atoms with Crippen LogP contribution in [0, 0.1) is 0 Å². The molecule has 1 saturated carbocycles. The van der Waals surface area contributed by atoms with Gasteiger partial charge in [-0.25, -0.2) is 22.7 Å². The second-order valence-electron chi connectivity index (χ2n) is 8.35. The quantitative estimate of drug-likeness (QED) is 0.663. The zero-order chi connectivity index (χ0) is 21.8. The largest absolute Gasteiger partial charge is 0.352 e. The monoisotopic (exact) mass is 440 g/mol. The summed E-state index contributed by atoms with van der Waals surface area (Å²) in [7, 11) is -0.539. The Hall–Kier alpha value is -2.98. The van der Waals surface area contributed by atoms with E-state index < -0.39 is 10.0 Å². The molecule has 2 fully saturated rings. The van der Waals surface area contributed by atoms with E-state index in [0.29, 0.717) is 18.7 Å². The number of nitrogens with zero attached hydrogens (tertiary/aromatic N) is 5. The van der Waals surface area contributed by atoms with Crippen LogP contribution in [0.5, 0.6) is 0 Å². The maximum atomic E-state index is 13.3. The van der Waals surface area contributed by atoms with Crippen molar-refractivity contribution >= 4 is 32.8 Å². The molecule has 3 heterocycles. The van der Waals surface area contributed by atoms with Gasteiger partial charge in [-0.2, -0.15) is 0 Å². The van der Waals surface area contributed by atoms with Crippen molar-refractivity contribution < 1.29 is 13.2 Å². The predicted molar refractivity (Wildman–Crippen MR) is 116 cm³/mol. The molecule has 1 spiro atoms. The predicted octanol–water partition coefficient (Wildman–Crippen LogP) is 1.70. The summed E-state index contributed by atoms with van der Waals surface area (Å²) in [5.74, 6) is 0.836. The van der Waals surface area contributed by atoms with Crippen LogP contribution >= 0.6 is 0 Å². The van der Waals surface area contributed by atoms with Crippen molar-refractivity contribution in [1.29, 1.82) is 0 Å². The molecule has 2 aliphatic rings. The molecule has 1 aliphatic carbocycles. The zero-order valence-electron chi connectivity index (χ0n) is 17.4. The van der Waals surface area contributed by atoms with Crippen LogP contribution in [0.15, 0.2) is 47.8 Å². The van der Waals surface area contributed by atoms with Gasteiger partial charge in [0.1, 0.15) is 17.8 Å². The van der Waals surface area contributed by atoms with Crippen molar-refractivity contribution in [2.75, 3.05) is 38.6 Å². The first-order valence-electron chi connectivity index (χ1n) is 10.2. The minimum Gasteiger partial charge on any atom is -0.352 e. The van der Waals surface area contributed by atoms with Gasteiger partial charge in [-0.05, 0) is 43.2 Å². The van der Waals surface area contributed by atoms with Crippen molar-refractivity contribution in [3.8, 4) is 0 Å². The van der Waals surface area contributed by atoms with Gasteiger partial charge in [-0.15, -0.1) is 0 Å². The third-order valence-electron chi connectivity index (χ3n) is 6.24. The number of sulfonamides is 1. The number of H-pyrrole nitrogens is 1. The van der Waals surface area contributed by atoms with E-state index in [1.54, 1.807) is 18.5 Å². The van der Waals surface area contributed by atoms with E-state index in [2.05, 4.69) is 19.9 Å². The molecule has 1 N–H and O–H groups in total. The SMILES string of the molecule is CN(C)S(=O)(=O)c1ccc(C(=O)N2CCN(c3ncnc4[nH]ccc34)CC23CC3)cc1. The highest BCUT2D eigenvalue weighted by Gasteiger charge is 2.53. The minimum absolute atomic E-state index is 0.0552. The Balaban J connectivity index is 1.37. The third kappa shape index (κ3) is 3.26. The highest BCUT2D eigenvalue weighted by molar-refractivity contribution is 7.89. The van der Waals surface area contributed by atoms with Gasteiger partial charge in [0.2, 0.25) is 10.0 Å². The fourth-order valence-corrected chi connectivity index (χ4v) is 5.20. The van der Waals surface area contributed by atoms with Gasteiger partial charge < -0.3 is 14.8 Å². The third-order valence-corrected chi connectivity index (χ3v) is 8.07. The summed E-state index contributed by atoms with van der Waals surface area (Å²) in [6.07, 6.45) is 5.32. The first-order chi connectivity index (χ1) is 14.8. The van der Waals surface area contributed by atoms with Crippen molar-refractivity contribution in [2.45, 2.75) is 23.3 Å². The van der Waals surface area contributed by atoms with Crippen molar-refractivity contribution in [3.63, 3.8) is 0 Å². The topological polar surface area (TPSA) is 102 Å². The second kappa shape index (κ2) is 7.03. The van der Waals surface area contributed by atoms with Gasteiger partial charge in [0.15, 0.2) is 0 Å². The molecule has 0 bridgehead atoms. The van der Waals surface area contributed by atoms with Crippen molar-refractivity contribution in [3.05, 3.63) is 48.4 Å². The molecule has 0 unspecified atom stereocenters. The molecule has 0 radical (unpaired) electrons. The van der Waals surface area contributed by atoms with Crippen LogP contribution < -0.4 is 4.90 Å². The normalized spacial score (nSPS) is 18.2.